The number of ether oxygens (including phenoxy) is 2. The Labute approximate surface area is 213 Å². The van der Waals surface area contributed by atoms with Gasteiger partial charge in [-0.3, -0.25) is 0 Å². The Hall–Kier alpha value is -1.41. The van der Waals surface area contributed by atoms with Crippen molar-refractivity contribution in [1.29, 1.82) is 0 Å². The van der Waals surface area contributed by atoms with E-state index in [1.165, 1.54) is 0 Å². The van der Waals surface area contributed by atoms with Crippen molar-refractivity contribution < 1.29 is 46.2 Å². The molecule has 12 nitrogen and oxygen atoms in total. The van der Waals surface area contributed by atoms with Crippen LogP contribution in [0.25, 0.3) is 0 Å². The minimum absolute atomic E-state index is 0. The average Bonchev–Trinajstić information content (AvgIpc) is 2.50. The molecule has 0 spiro atoms. The van der Waals surface area contributed by atoms with Gasteiger partial charge in [-0.2, -0.15) is 0 Å². The Kier molecular flexibility index (Phi) is 31.0. The number of nitrogens with two attached hydrogens (primary N) is 3. The second-order valence-corrected chi connectivity index (χ2v) is 9.43. The van der Waals surface area contributed by atoms with E-state index >= 15 is 0 Å². The number of primary amides is 2. The van der Waals surface area contributed by atoms with E-state index in [1.807, 2.05) is 66.1 Å². The van der Waals surface area contributed by atoms with Gasteiger partial charge in [-0.05, 0) is 55.9 Å². The predicted octanol–water partition coefficient (Wildman–Crippen LogP) is -3.53. The van der Waals surface area contributed by atoms with Crippen LogP contribution >= 0.6 is 0 Å². The molecule has 0 saturated heterocycles. The van der Waals surface area contributed by atoms with Crippen molar-refractivity contribution in [3.8, 4) is 0 Å². The third kappa shape index (κ3) is 57.5. The first-order valence-corrected chi connectivity index (χ1v) is 10.8. The maximum Gasteiger partial charge on any atom is 0.404 e. The van der Waals surface area contributed by atoms with Gasteiger partial charge in [0.2, 0.25) is 0 Å². The molecule has 0 aromatic rings. The fourth-order valence-corrected chi connectivity index (χ4v) is 2.29. The molecule has 34 heavy (non-hydrogen) atoms. The third-order valence-corrected chi connectivity index (χ3v) is 3.03. The fourth-order valence-electron chi connectivity index (χ4n) is 2.29. The van der Waals surface area contributed by atoms with Gasteiger partial charge < -0.3 is 63.6 Å². The van der Waals surface area contributed by atoms with Gasteiger partial charge in [0.25, 0.3) is 0 Å². The van der Waals surface area contributed by atoms with E-state index in [4.69, 9.17) is 32.2 Å². The van der Waals surface area contributed by atoms with Crippen LogP contribution in [0.3, 0.4) is 0 Å². The van der Waals surface area contributed by atoms with Crippen LogP contribution in [0.1, 0.15) is 27.7 Å². The molecule has 8 N–H and O–H groups in total. The Morgan fingerprint density at radius 2 is 1.12 bits per heavy atom. The van der Waals surface area contributed by atoms with Crippen LogP contribution in [0.4, 0.5) is 9.59 Å². The number of hydrogen-bond donors (Lipinski definition) is 5. The summed E-state index contributed by atoms with van der Waals surface area (Å²) in [6.07, 6.45) is -2.20. The molecule has 0 unspecified atom stereocenters. The summed E-state index contributed by atoms with van der Waals surface area (Å²) in [4.78, 5) is 24.3. The lowest BCUT2D eigenvalue weighted by atomic mass is 10.3. The first kappa shape index (κ1) is 42.7. The summed E-state index contributed by atoms with van der Waals surface area (Å²) in [6.45, 7) is 9.63. The summed E-state index contributed by atoms with van der Waals surface area (Å²) >= 11 is 0. The number of aliphatic hydroxyl groups is 2. The zero-order valence-electron chi connectivity index (χ0n) is 23.1. The van der Waals surface area contributed by atoms with Gasteiger partial charge in [0.05, 0.1) is 33.4 Å². The quantitative estimate of drug-likeness (QED) is 0.193. The summed E-state index contributed by atoms with van der Waals surface area (Å²) in [5.41, 5.74) is 14.6. The van der Waals surface area contributed by atoms with E-state index in [-0.39, 0.29) is 36.8 Å². The van der Waals surface area contributed by atoms with E-state index in [1.54, 1.807) is 20.8 Å². The van der Waals surface area contributed by atoms with Crippen molar-refractivity contribution in [2.24, 2.45) is 17.2 Å². The van der Waals surface area contributed by atoms with Crippen LogP contribution in [-0.2, 0) is 9.47 Å². The molecular weight excluding hydrogens is 468 g/mol. The van der Waals surface area contributed by atoms with Crippen molar-refractivity contribution in [3.05, 3.63) is 0 Å². The zero-order valence-corrected chi connectivity index (χ0v) is 23.9. The van der Waals surface area contributed by atoms with Crippen molar-refractivity contribution in [2.75, 3.05) is 75.5 Å². The molecule has 2 amide bonds. The molecule has 0 aromatic heterocycles. The van der Waals surface area contributed by atoms with Crippen molar-refractivity contribution in [1.82, 2.24) is 9.80 Å². The van der Waals surface area contributed by atoms with E-state index in [2.05, 4.69) is 4.74 Å². The second-order valence-electron chi connectivity index (χ2n) is 9.43. The Morgan fingerprint density at radius 3 is 1.29 bits per heavy atom. The highest BCUT2D eigenvalue weighted by Gasteiger charge is 2.15. The first-order chi connectivity index (χ1) is 14.7. The van der Waals surface area contributed by atoms with Crippen LogP contribution < -0.4 is 29.6 Å². The standard InChI is InChI=1S/C7H16N2O2.C6H14N2O2.C5H13NO.C3H9NO.ClH/c1-6(11-7(8)10)5-9(2,3)4;1-5(4-8(2)3)10-6(7)9;1-5(7)4-6(2)3;1-3(5)2-4;/h6H,5H2,1-4H3,(H-,8,10);5H,4H2,1-3H3,(H2,7,9);5,7H,4H2,1-3H3;3,5H,2,4H2,1H3;1H/t6-;2*5-;3-;/m1111./s1. The maximum absolute atomic E-state index is 10.3. The Bertz CT molecular complexity index is 471. The number of rotatable bonds is 9. The minimum Gasteiger partial charge on any atom is -1.00 e. The SMILES string of the molecule is C[C@@H](O)CN.C[C@@H](O)CN(C)C.C[C@H](CN(C)C)OC(N)=O.C[C@H](C[N+](C)(C)C)OC(N)=O.[Cl-]. The number of carbonyl (C=O) groups is 2. The van der Waals surface area contributed by atoms with Gasteiger partial charge in [0, 0.05) is 19.6 Å². The summed E-state index contributed by atoms with van der Waals surface area (Å²) in [7, 11) is 13.8. The summed E-state index contributed by atoms with van der Waals surface area (Å²) < 4.78 is 10.2. The number of quaternary nitrogens is 1. The van der Waals surface area contributed by atoms with Crippen LogP contribution in [-0.4, -0.2) is 137 Å². The van der Waals surface area contributed by atoms with E-state index in [9.17, 15) is 9.59 Å². The molecule has 0 rings (SSSR count). The van der Waals surface area contributed by atoms with Crippen LogP contribution in [0.15, 0.2) is 0 Å². The molecule has 0 aliphatic carbocycles. The molecule has 13 heteroatoms. The normalized spacial score (nSPS) is 13.8. The van der Waals surface area contributed by atoms with Gasteiger partial charge in [-0.1, -0.05) is 0 Å². The topological polar surface area (TPSA) is 178 Å². The number of amides is 2. The van der Waals surface area contributed by atoms with E-state index in [0.29, 0.717) is 13.1 Å². The molecular formula is C21H53ClN6O6. The minimum atomic E-state index is -0.714. The Morgan fingerprint density at radius 1 is 0.794 bits per heavy atom. The lowest BCUT2D eigenvalue weighted by Crippen LogP contribution is -3.00. The molecule has 0 bridgehead atoms. The number of hydrogen-bond acceptors (Lipinski definition) is 9. The summed E-state index contributed by atoms with van der Waals surface area (Å²) in [5.74, 6) is 0. The predicted molar refractivity (Wildman–Crippen MR) is 133 cm³/mol. The lowest BCUT2D eigenvalue weighted by molar-refractivity contribution is -0.873. The molecule has 0 heterocycles. The van der Waals surface area contributed by atoms with E-state index < -0.39 is 12.2 Å². The molecule has 0 aliphatic rings. The average molecular weight is 521 g/mol. The van der Waals surface area contributed by atoms with E-state index in [0.717, 1.165) is 17.6 Å². The third-order valence-electron chi connectivity index (χ3n) is 3.03. The molecule has 210 valence electrons. The van der Waals surface area contributed by atoms with Gasteiger partial charge in [0.1, 0.15) is 18.8 Å². The van der Waals surface area contributed by atoms with Crippen LogP contribution in [0.5, 0.6) is 0 Å². The van der Waals surface area contributed by atoms with Crippen LogP contribution in [0, 0.1) is 0 Å². The van der Waals surface area contributed by atoms with Gasteiger partial charge >= 0.3 is 12.2 Å². The number of nitrogens with zero attached hydrogens (tertiary/aromatic N) is 3. The highest BCUT2D eigenvalue weighted by atomic mass is 35.5. The highest BCUT2D eigenvalue weighted by Crippen LogP contribution is 1.98. The first-order valence-electron chi connectivity index (χ1n) is 10.8. The molecule has 0 fully saturated rings. The summed E-state index contributed by atoms with van der Waals surface area (Å²) in [6, 6.07) is 0. The molecule has 0 radical (unpaired) electrons. The van der Waals surface area contributed by atoms with Gasteiger partial charge in [-0.15, -0.1) is 0 Å². The van der Waals surface area contributed by atoms with Crippen molar-refractivity contribution in [2.45, 2.75) is 52.1 Å². The van der Waals surface area contributed by atoms with Crippen molar-refractivity contribution >= 4 is 12.2 Å². The summed E-state index contributed by atoms with van der Waals surface area (Å²) in [5, 5.41) is 16.9. The zero-order chi connectivity index (χ0) is 27.4. The fraction of sp³-hybridized carbons (Fsp3) is 0.905. The highest BCUT2D eigenvalue weighted by molar-refractivity contribution is 5.65. The monoisotopic (exact) mass is 520 g/mol. The number of carbonyl (C=O) groups excluding carboxylic acids is 2. The second kappa shape index (κ2) is 24.7. The molecule has 4 atom stereocenters. The van der Waals surface area contributed by atoms with Crippen molar-refractivity contribution in [3.63, 3.8) is 0 Å². The lowest BCUT2D eigenvalue weighted by Gasteiger charge is -2.26. The van der Waals surface area contributed by atoms with Crippen LogP contribution in [0.2, 0.25) is 0 Å². The largest absolute Gasteiger partial charge is 1.00 e. The molecule has 0 aromatic carbocycles. The Balaban J connectivity index is -0.000000113. The van der Waals surface area contributed by atoms with Gasteiger partial charge in [-0.25, -0.2) is 9.59 Å². The molecule has 0 aliphatic heterocycles. The number of likely N-dealkylation sites (N-methyl/N-ethyl adjacent to an activating group) is 3. The number of halogens is 1. The smallest absolute Gasteiger partial charge is 0.404 e. The number of aliphatic hydroxyl groups excluding tert-OH is 2. The molecule has 0 saturated carbocycles. The van der Waals surface area contributed by atoms with Gasteiger partial charge in [0.15, 0.2) is 0 Å². The maximum atomic E-state index is 10.3.